The molecule has 0 aromatic heterocycles. The third kappa shape index (κ3) is 5.48. The van der Waals surface area contributed by atoms with Crippen LogP contribution in [0.5, 0.6) is 5.75 Å². The van der Waals surface area contributed by atoms with Crippen molar-refractivity contribution in [2.75, 3.05) is 33.4 Å². The standard InChI is InChI=1S/C26H33FN2O3/c1-31-25-13-7-15-29-24(25)12-4-5-14-28(19-21-8-2-3-11-23(21)27)16-17-32-22-10-6-9-20(18-22)26(29)30/h2-3,6,8-11,18,24-25H,4-5,7,12-17,19H2,1H3/t24-,25-/m0/s1. The van der Waals surface area contributed by atoms with E-state index >= 15 is 0 Å². The summed E-state index contributed by atoms with van der Waals surface area (Å²) in [6, 6.07) is 14.5. The number of rotatable bonds is 3. The van der Waals surface area contributed by atoms with Gasteiger partial charge in [0.15, 0.2) is 0 Å². The molecule has 2 aliphatic rings. The molecule has 2 aromatic carbocycles. The van der Waals surface area contributed by atoms with E-state index in [0.29, 0.717) is 36.6 Å². The summed E-state index contributed by atoms with van der Waals surface area (Å²) in [4.78, 5) is 17.6. The highest BCUT2D eigenvalue weighted by Gasteiger charge is 2.34. The first-order chi connectivity index (χ1) is 15.7. The number of fused-ring (bicyclic) bond motifs is 3. The smallest absolute Gasteiger partial charge is 0.254 e. The normalized spacial score (nSPS) is 23.2. The van der Waals surface area contributed by atoms with Crippen LogP contribution < -0.4 is 4.74 Å². The Bertz CT molecular complexity index is 906. The largest absolute Gasteiger partial charge is 0.492 e. The minimum absolute atomic E-state index is 0.0560. The molecule has 2 aromatic rings. The molecule has 32 heavy (non-hydrogen) atoms. The van der Waals surface area contributed by atoms with Crippen LogP contribution in [0.3, 0.4) is 0 Å². The number of hydrogen-bond donors (Lipinski definition) is 0. The summed E-state index contributed by atoms with van der Waals surface area (Å²) in [5.74, 6) is 0.580. The predicted molar refractivity (Wildman–Crippen MR) is 122 cm³/mol. The first-order valence-corrected chi connectivity index (χ1v) is 11.7. The van der Waals surface area contributed by atoms with Crippen molar-refractivity contribution in [3.05, 3.63) is 65.5 Å². The van der Waals surface area contributed by atoms with Crippen LogP contribution in [-0.2, 0) is 11.3 Å². The van der Waals surface area contributed by atoms with E-state index in [0.717, 1.165) is 45.2 Å². The molecule has 2 atom stereocenters. The number of carbonyl (C=O) groups excluding carboxylic acids is 1. The number of ether oxygens (including phenoxy) is 2. The Labute approximate surface area is 190 Å². The minimum atomic E-state index is -0.167. The van der Waals surface area contributed by atoms with Gasteiger partial charge in [-0.2, -0.15) is 0 Å². The van der Waals surface area contributed by atoms with E-state index in [9.17, 15) is 9.18 Å². The first-order valence-electron chi connectivity index (χ1n) is 11.7. The highest BCUT2D eigenvalue weighted by atomic mass is 19.1. The van der Waals surface area contributed by atoms with E-state index in [4.69, 9.17) is 9.47 Å². The van der Waals surface area contributed by atoms with E-state index in [1.54, 1.807) is 13.2 Å². The molecule has 1 saturated heterocycles. The number of halogens is 1. The number of piperidine rings is 1. The van der Waals surface area contributed by atoms with Crippen LogP contribution in [0.15, 0.2) is 48.5 Å². The van der Waals surface area contributed by atoms with Crippen molar-refractivity contribution in [1.29, 1.82) is 0 Å². The van der Waals surface area contributed by atoms with E-state index in [2.05, 4.69) is 4.90 Å². The van der Waals surface area contributed by atoms with E-state index in [-0.39, 0.29) is 23.9 Å². The molecule has 0 aliphatic carbocycles. The van der Waals surface area contributed by atoms with Crippen LogP contribution in [0.25, 0.3) is 0 Å². The Morgan fingerprint density at radius 2 is 1.91 bits per heavy atom. The van der Waals surface area contributed by atoms with Gasteiger partial charge in [-0.05, 0) is 56.5 Å². The van der Waals surface area contributed by atoms with Gasteiger partial charge in [0, 0.05) is 37.9 Å². The fourth-order valence-electron chi connectivity index (χ4n) is 4.89. The highest BCUT2D eigenvalue weighted by Crippen LogP contribution is 2.27. The minimum Gasteiger partial charge on any atom is -0.492 e. The molecule has 0 radical (unpaired) electrons. The molecular formula is C26H33FN2O3. The van der Waals surface area contributed by atoms with Gasteiger partial charge in [-0.1, -0.05) is 30.7 Å². The lowest BCUT2D eigenvalue weighted by Crippen LogP contribution is -2.51. The second kappa shape index (κ2) is 10.9. The molecule has 0 spiro atoms. The van der Waals surface area contributed by atoms with Crippen molar-refractivity contribution in [2.24, 2.45) is 0 Å². The fraction of sp³-hybridized carbons (Fsp3) is 0.500. The Kier molecular flexibility index (Phi) is 7.76. The van der Waals surface area contributed by atoms with E-state index in [1.807, 2.05) is 41.3 Å². The molecule has 2 aliphatic heterocycles. The van der Waals surface area contributed by atoms with Gasteiger partial charge in [0.1, 0.15) is 18.2 Å². The second-order valence-electron chi connectivity index (χ2n) is 8.72. The summed E-state index contributed by atoms with van der Waals surface area (Å²) in [6.45, 7) is 3.36. The van der Waals surface area contributed by atoms with Crippen LogP contribution >= 0.6 is 0 Å². The van der Waals surface area contributed by atoms with Gasteiger partial charge < -0.3 is 14.4 Å². The predicted octanol–water partition coefficient (Wildman–Crippen LogP) is 4.51. The van der Waals surface area contributed by atoms with Gasteiger partial charge in [0.2, 0.25) is 0 Å². The molecule has 1 amide bonds. The van der Waals surface area contributed by atoms with Crippen LogP contribution in [0.1, 0.15) is 48.0 Å². The Hall–Kier alpha value is -2.44. The monoisotopic (exact) mass is 440 g/mol. The van der Waals surface area contributed by atoms with Crippen molar-refractivity contribution >= 4 is 5.91 Å². The quantitative estimate of drug-likeness (QED) is 0.704. The molecule has 1 fully saturated rings. The summed E-state index contributed by atoms with van der Waals surface area (Å²) in [7, 11) is 1.74. The maximum Gasteiger partial charge on any atom is 0.254 e. The van der Waals surface area contributed by atoms with Crippen LogP contribution in [0.2, 0.25) is 0 Å². The van der Waals surface area contributed by atoms with Crippen LogP contribution in [0.4, 0.5) is 4.39 Å². The van der Waals surface area contributed by atoms with E-state index < -0.39 is 0 Å². The number of carbonyl (C=O) groups is 1. The molecule has 0 unspecified atom stereocenters. The number of methoxy groups -OCH3 is 1. The molecule has 5 nitrogen and oxygen atoms in total. The summed E-state index contributed by atoms with van der Waals surface area (Å²) < 4.78 is 26.0. The van der Waals surface area contributed by atoms with Crippen LogP contribution in [-0.4, -0.2) is 61.2 Å². The lowest BCUT2D eigenvalue weighted by molar-refractivity contribution is -0.0156. The van der Waals surface area contributed by atoms with Gasteiger partial charge in [0.05, 0.1) is 12.1 Å². The van der Waals surface area contributed by atoms with Crippen molar-refractivity contribution in [3.8, 4) is 5.75 Å². The Morgan fingerprint density at radius 1 is 1.03 bits per heavy atom. The summed E-state index contributed by atoms with van der Waals surface area (Å²) >= 11 is 0. The number of amides is 1. The topological polar surface area (TPSA) is 42.0 Å². The zero-order valence-electron chi connectivity index (χ0n) is 18.8. The first kappa shape index (κ1) is 22.7. The molecule has 0 saturated carbocycles. The van der Waals surface area contributed by atoms with Gasteiger partial charge in [-0.3, -0.25) is 9.69 Å². The molecule has 4 rings (SSSR count). The summed E-state index contributed by atoms with van der Waals surface area (Å²) in [5.41, 5.74) is 1.36. The third-order valence-corrected chi connectivity index (χ3v) is 6.61. The zero-order chi connectivity index (χ0) is 22.3. The van der Waals surface area contributed by atoms with Gasteiger partial charge in [-0.25, -0.2) is 4.39 Å². The maximum absolute atomic E-state index is 14.2. The van der Waals surface area contributed by atoms with Crippen molar-refractivity contribution in [1.82, 2.24) is 9.80 Å². The van der Waals surface area contributed by atoms with Gasteiger partial charge in [-0.15, -0.1) is 0 Å². The maximum atomic E-state index is 14.2. The van der Waals surface area contributed by atoms with Crippen molar-refractivity contribution in [2.45, 2.75) is 50.8 Å². The summed E-state index contributed by atoms with van der Waals surface area (Å²) in [6.07, 6.45) is 4.88. The average molecular weight is 441 g/mol. The lowest BCUT2D eigenvalue weighted by Gasteiger charge is -2.41. The Morgan fingerprint density at radius 3 is 2.75 bits per heavy atom. The Balaban J connectivity index is 1.54. The van der Waals surface area contributed by atoms with Crippen molar-refractivity contribution in [3.63, 3.8) is 0 Å². The average Bonchev–Trinajstić information content (AvgIpc) is 2.82. The molecule has 172 valence electrons. The van der Waals surface area contributed by atoms with Crippen molar-refractivity contribution < 1.29 is 18.7 Å². The van der Waals surface area contributed by atoms with Gasteiger partial charge in [0.25, 0.3) is 5.91 Å². The molecule has 0 N–H and O–H groups in total. The van der Waals surface area contributed by atoms with Crippen LogP contribution in [0, 0.1) is 5.82 Å². The number of hydrogen-bond acceptors (Lipinski definition) is 4. The molecular weight excluding hydrogens is 407 g/mol. The second-order valence-corrected chi connectivity index (χ2v) is 8.72. The van der Waals surface area contributed by atoms with E-state index in [1.165, 1.54) is 6.07 Å². The number of benzene rings is 2. The fourth-order valence-corrected chi connectivity index (χ4v) is 4.89. The highest BCUT2D eigenvalue weighted by molar-refractivity contribution is 5.95. The molecule has 2 heterocycles. The zero-order valence-corrected chi connectivity index (χ0v) is 18.8. The third-order valence-electron chi connectivity index (χ3n) is 6.61. The number of nitrogens with zero attached hydrogens (tertiary/aromatic N) is 2. The summed E-state index contributed by atoms with van der Waals surface area (Å²) in [5, 5.41) is 0. The SMILES string of the molecule is CO[C@H]1CCCN2C(=O)c3cccc(c3)OCCN(Cc3ccccc3F)CCCC[C@@H]12. The molecule has 2 bridgehead atoms. The molecule has 6 heteroatoms. The van der Waals surface area contributed by atoms with Gasteiger partial charge >= 0.3 is 0 Å². The lowest BCUT2D eigenvalue weighted by atomic mass is 9.93.